The lowest BCUT2D eigenvalue weighted by Gasteiger charge is -2.21. The van der Waals surface area contributed by atoms with Gasteiger partial charge < -0.3 is 5.32 Å². The Morgan fingerprint density at radius 1 is 1.31 bits per heavy atom. The first-order chi connectivity index (χ1) is 6.27. The van der Waals surface area contributed by atoms with Crippen LogP contribution in [-0.2, 0) is 0 Å². The minimum Gasteiger partial charge on any atom is -0.340 e. The fourth-order valence-corrected chi connectivity index (χ4v) is 1.64. The van der Waals surface area contributed by atoms with Crippen molar-refractivity contribution in [2.24, 2.45) is 0 Å². The van der Waals surface area contributed by atoms with E-state index in [4.69, 9.17) is 12.2 Å². The number of nitrogens with one attached hydrogen (secondary N) is 2. The summed E-state index contributed by atoms with van der Waals surface area (Å²) in [4.78, 5) is 0. The molecule has 0 bridgehead atoms. The molecule has 0 aliphatic carbocycles. The first-order valence-corrected chi connectivity index (χ1v) is 4.59. The van der Waals surface area contributed by atoms with E-state index < -0.39 is 0 Å². The fraction of sp³-hybridized carbons (Fsp3) is 0.222. The van der Waals surface area contributed by atoms with Crippen LogP contribution in [0.3, 0.4) is 0 Å². The normalized spacial score (nSPS) is 21.2. The van der Waals surface area contributed by atoms with Crippen molar-refractivity contribution < 1.29 is 0 Å². The van der Waals surface area contributed by atoms with E-state index in [1.165, 1.54) is 0 Å². The van der Waals surface area contributed by atoms with Crippen LogP contribution in [0.2, 0.25) is 0 Å². The van der Waals surface area contributed by atoms with Gasteiger partial charge in [0.2, 0.25) is 0 Å². The molecule has 3 nitrogen and oxygen atoms in total. The van der Waals surface area contributed by atoms with Crippen LogP contribution < -0.4 is 15.8 Å². The lowest BCUT2D eigenvalue weighted by molar-refractivity contribution is 0.659. The number of hydrogen-bond acceptors (Lipinski definition) is 2. The van der Waals surface area contributed by atoms with Crippen molar-refractivity contribution in [3.63, 3.8) is 0 Å². The number of nitrogens with zero attached hydrogens (tertiary/aromatic N) is 1. The van der Waals surface area contributed by atoms with E-state index in [1.54, 1.807) is 0 Å². The second kappa shape index (κ2) is 3.22. The fourth-order valence-electron chi connectivity index (χ4n) is 1.37. The Bertz CT molecular complexity index is 312. The molecule has 1 unspecified atom stereocenters. The van der Waals surface area contributed by atoms with Crippen molar-refractivity contribution in [1.82, 2.24) is 10.7 Å². The summed E-state index contributed by atoms with van der Waals surface area (Å²) in [5.74, 6) is 0. The molecule has 68 valence electrons. The lowest BCUT2D eigenvalue weighted by Crippen LogP contribution is -2.37. The van der Waals surface area contributed by atoms with E-state index in [0.717, 1.165) is 5.69 Å². The molecular weight excluding hydrogens is 182 g/mol. The largest absolute Gasteiger partial charge is 0.340 e. The van der Waals surface area contributed by atoms with Gasteiger partial charge in [-0.05, 0) is 31.3 Å². The number of hydrazine groups is 1. The van der Waals surface area contributed by atoms with Crippen LogP contribution >= 0.6 is 12.2 Å². The highest BCUT2D eigenvalue weighted by Gasteiger charge is 2.22. The first-order valence-electron chi connectivity index (χ1n) is 4.19. The van der Waals surface area contributed by atoms with Crippen LogP contribution in [0.15, 0.2) is 30.3 Å². The molecule has 0 aromatic heterocycles. The molecule has 1 saturated heterocycles. The number of para-hydroxylation sites is 1. The van der Waals surface area contributed by atoms with Gasteiger partial charge in [0.1, 0.15) is 6.17 Å². The zero-order valence-electron chi connectivity index (χ0n) is 7.32. The Hall–Kier alpha value is -1.29. The van der Waals surface area contributed by atoms with Gasteiger partial charge in [-0.3, -0.25) is 10.4 Å². The highest BCUT2D eigenvalue weighted by molar-refractivity contribution is 7.80. The molecule has 0 radical (unpaired) electrons. The maximum absolute atomic E-state index is 5.01. The van der Waals surface area contributed by atoms with Gasteiger partial charge in [-0.1, -0.05) is 18.2 Å². The Morgan fingerprint density at radius 2 is 2.00 bits per heavy atom. The zero-order valence-corrected chi connectivity index (χ0v) is 8.14. The van der Waals surface area contributed by atoms with E-state index in [0.29, 0.717) is 5.11 Å². The highest BCUT2D eigenvalue weighted by Crippen LogP contribution is 2.15. The molecule has 0 amide bonds. The number of hydrogen-bond donors (Lipinski definition) is 2. The summed E-state index contributed by atoms with van der Waals surface area (Å²) in [7, 11) is 0. The monoisotopic (exact) mass is 193 g/mol. The molecule has 1 aliphatic heterocycles. The number of anilines is 1. The molecule has 1 aliphatic rings. The third-order valence-electron chi connectivity index (χ3n) is 1.98. The van der Waals surface area contributed by atoms with Crippen LogP contribution in [0.1, 0.15) is 6.92 Å². The molecule has 0 spiro atoms. The molecule has 1 atom stereocenters. The second-order valence-corrected chi connectivity index (χ2v) is 3.38. The van der Waals surface area contributed by atoms with Crippen molar-refractivity contribution in [3.05, 3.63) is 30.3 Å². The number of rotatable bonds is 1. The molecule has 1 heterocycles. The van der Waals surface area contributed by atoms with E-state index in [1.807, 2.05) is 35.3 Å². The van der Waals surface area contributed by atoms with Crippen molar-refractivity contribution in [2.75, 3.05) is 5.01 Å². The lowest BCUT2D eigenvalue weighted by atomic mass is 10.3. The molecule has 1 aromatic rings. The Labute approximate surface area is 82.7 Å². The standard InChI is InChI=1S/C9H11N3S/c1-7-10-9(13)11-12(7)8-5-3-2-4-6-8/h2-7H,1H3,(H2,10,11,13). The van der Waals surface area contributed by atoms with Crippen LogP contribution in [0.4, 0.5) is 5.69 Å². The number of benzene rings is 1. The van der Waals surface area contributed by atoms with Crippen molar-refractivity contribution in [1.29, 1.82) is 0 Å². The van der Waals surface area contributed by atoms with Crippen LogP contribution in [-0.4, -0.2) is 11.3 Å². The van der Waals surface area contributed by atoms with E-state index in [2.05, 4.69) is 17.7 Å². The number of thiocarbonyl (C=S) groups is 1. The topological polar surface area (TPSA) is 27.3 Å². The Balaban J connectivity index is 2.23. The highest BCUT2D eigenvalue weighted by atomic mass is 32.1. The second-order valence-electron chi connectivity index (χ2n) is 2.97. The average Bonchev–Trinajstić information content (AvgIpc) is 2.47. The summed E-state index contributed by atoms with van der Waals surface area (Å²) in [6.07, 6.45) is 0.204. The SMILES string of the molecule is CC1NC(=S)NN1c1ccccc1. The average molecular weight is 193 g/mol. The first kappa shape index (κ1) is 8.31. The molecular formula is C9H11N3S. The minimum atomic E-state index is 0.204. The summed E-state index contributed by atoms with van der Waals surface area (Å²) < 4.78 is 0. The van der Waals surface area contributed by atoms with E-state index in [-0.39, 0.29) is 6.17 Å². The summed E-state index contributed by atoms with van der Waals surface area (Å²) in [6.45, 7) is 2.05. The zero-order chi connectivity index (χ0) is 9.26. The summed E-state index contributed by atoms with van der Waals surface area (Å²) in [5.41, 5.74) is 4.19. The maximum atomic E-state index is 5.01. The van der Waals surface area contributed by atoms with Crippen LogP contribution in [0.5, 0.6) is 0 Å². The van der Waals surface area contributed by atoms with Gasteiger partial charge in [-0.25, -0.2) is 0 Å². The summed E-state index contributed by atoms with van der Waals surface area (Å²) >= 11 is 5.01. The van der Waals surface area contributed by atoms with Crippen LogP contribution in [0.25, 0.3) is 0 Å². The summed E-state index contributed by atoms with van der Waals surface area (Å²) in [5, 5.41) is 5.79. The quantitative estimate of drug-likeness (QED) is 0.656. The Kier molecular flexibility index (Phi) is 2.06. The van der Waals surface area contributed by atoms with Gasteiger partial charge in [0.25, 0.3) is 0 Å². The molecule has 1 fully saturated rings. The van der Waals surface area contributed by atoms with Crippen molar-refractivity contribution in [2.45, 2.75) is 13.1 Å². The molecule has 2 rings (SSSR count). The van der Waals surface area contributed by atoms with Crippen molar-refractivity contribution >= 4 is 23.0 Å². The summed E-state index contributed by atoms with van der Waals surface area (Å²) in [6, 6.07) is 10.1. The molecule has 13 heavy (non-hydrogen) atoms. The third kappa shape index (κ3) is 1.58. The maximum Gasteiger partial charge on any atom is 0.187 e. The van der Waals surface area contributed by atoms with E-state index in [9.17, 15) is 0 Å². The van der Waals surface area contributed by atoms with Gasteiger partial charge in [0, 0.05) is 0 Å². The molecule has 4 heteroatoms. The van der Waals surface area contributed by atoms with Gasteiger partial charge >= 0.3 is 0 Å². The van der Waals surface area contributed by atoms with E-state index >= 15 is 0 Å². The minimum absolute atomic E-state index is 0.204. The predicted octanol–water partition coefficient (Wildman–Crippen LogP) is 1.23. The van der Waals surface area contributed by atoms with Gasteiger partial charge in [-0.15, -0.1) is 0 Å². The molecule has 1 aromatic carbocycles. The van der Waals surface area contributed by atoms with Gasteiger partial charge in [-0.2, -0.15) is 0 Å². The Morgan fingerprint density at radius 3 is 2.54 bits per heavy atom. The predicted molar refractivity (Wildman–Crippen MR) is 57.3 cm³/mol. The van der Waals surface area contributed by atoms with Gasteiger partial charge in [0.15, 0.2) is 5.11 Å². The third-order valence-corrected chi connectivity index (χ3v) is 2.19. The van der Waals surface area contributed by atoms with Crippen molar-refractivity contribution in [3.8, 4) is 0 Å². The molecule has 2 N–H and O–H groups in total. The van der Waals surface area contributed by atoms with Crippen LogP contribution in [0, 0.1) is 0 Å². The smallest absolute Gasteiger partial charge is 0.187 e. The van der Waals surface area contributed by atoms with Gasteiger partial charge in [0.05, 0.1) is 5.69 Å². The molecule has 0 saturated carbocycles.